The molecule has 3 rings (SSSR count). The van der Waals surface area contributed by atoms with Crippen molar-refractivity contribution in [3.8, 4) is 11.1 Å². The SMILES string of the molecule is C[C@@](OCc1ccc(-c2ccccc2)cc1)(C(=O)CO)[C@@H](O)c1ccc(CO)o1. The summed E-state index contributed by atoms with van der Waals surface area (Å²) in [6.07, 6.45) is -1.44. The molecule has 0 radical (unpaired) electrons. The number of carbonyl (C=O) groups excluding carboxylic acids is 1. The molecule has 0 saturated heterocycles. The summed E-state index contributed by atoms with van der Waals surface area (Å²) in [6.45, 7) is 0.359. The van der Waals surface area contributed by atoms with Gasteiger partial charge in [-0.2, -0.15) is 0 Å². The van der Waals surface area contributed by atoms with Gasteiger partial charge in [0, 0.05) is 0 Å². The lowest BCUT2D eigenvalue weighted by Gasteiger charge is -2.31. The van der Waals surface area contributed by atoms with Crippen molar-refractivity contribution in [3.63, 3.8) is 0 Å². The number of hydrogen-bond acceptors (Lipinski definition) is 6. The number of furan rings is 1. The van der Waals surface area contributed by atoms with E-state index in [0.29, 0.717) is 0 Å². The van der Waals surface area contributed by atoms with Crippen molar-refractivity contribution in [1.82, 2.24) is 0 Å². The standard InChI is InChI=1S/C23H24O6/c1-23(21(26)14-25,22(27)20-12-11-19(13-24)29-20)28-15-16-7-9-18(10-8-16)17-5-3-2-4-6-17/h2-12,22,24-25,27H,13-15H2,1H3/t22-,23+/m0/s1. The summed E-state index contributed by atoms with van der Waals surface area (Å²) in [5.41, 5.74) is 1.24. The van der Waals surface area contributed by atoms with Crippen molar-refractivity contribution >= 4 is 5.78 Å². The van der Waals surface area contributed by atoms with Gasteiger partial charge in [-0.1, -0.05) is 54.6 Å². The number of ether oxygens (including phenoxy) is 1. The van der Waals surface area contributed by atoms with Crippen molar-refractivity contribution in [2.75, 3.05) is 6.61 Å². The van der Waals surface area contributed by atoms with Gasteiger partial charge in [-0.05, 0) is 35.7 Å². The molecule has 3 aromatic rings. The second-order valence-corrected chi connectivity index (χ2v) is 6.90. The molecule has 0 unspecified atom stereocenters. The molecule has 0 saturated carbocycles. The number of aliphatic hydroxyl groups excluding tert-OH is 3. The first-order chi connectivity index (χ1) is 14.0. The van der Waals surface area contributed by atoms with Crippen LogP contribution in [0.2, 0.25) is 0 Å². The van der Waals surface area contributed by atoms with E-state index in [1.54, 1.807) is 0 Å². The van der Waals surface area contributed by atoms with Gasteiger partial charge in [-0.15, -0.1) is 0 Å². The fourth-order valence-corrected chi connectivity index (χ4v) is 3.02. The van der Waals surface area contributed by atoms with Gasteiger partial charge in [-0.25, -0.2) is 0 Å². The van der Waals surface area contributed by atoms with Crippen LogP contribution < -0.4 is 0 Å². The van der Waals surface area contributed by atoms with Crippen molar-refractivity contribution in [2.45, 2.75) is 31.8 Å². The lowest BCUT2D eigenvalue weighted by Crippen LogP contribution is -2.45. The molecule has 0 aliphatic carbocycles. The van der Waals surface area contributed by atoms with Crippen molar-refractivity contribution in [1.29, 1.82) is 0 Å². The maximum Gasteiger partial charge on any atom is 0.192 e. The van der Waals surface area contributed by atoms with Gasteiger partial charge in [0.2, 0.25) is 0 Å². The Labute approximate surface area is 169 Å². The maximum atomic E-state index is 12.4. The molecule has 0 amide bonds. The first-order valence-corrected chi connectivity index (χ1v) is 9.28. The van der Waals surface area contributed by atoms with Crippen molar-refractivity contribution < 1.29 is 29.3 Å². The molecule has 0 aliphatic rings. The predicted molar refractivity (Wildman–Crippen MR) is 107 cm³/mol. The second-order valence-electron chi connectivity index (χ2n) is 6.90. The summed E-state index contributed by atoms with van der Waals surface area (Å²) in [6, 6.07) is 20.6. The number of Topliss-reactive ketones (excluding diaryl/α,β-unsaturated/α-hetero) is 1. The minimum absolute atomic E-state index is 0.0575. The van der Waals surface area contributed by atoms with E-state index in [9.17, 15) is 15.0 Å². The van der Waals surface area contributed by atoms with E-state index in [0.717, 1.165) is 16.7 Å². The van der Waals surface area contributed by atoms with E-state index in [2.05, 4.69) is 0 Å². The maximum absolute atomic E-state index is 12.4. The zero-order chi connectivity index (χ0) is 20.9. The topological polar surface area (TPSA) is 100 Å². The number of carbonyl (C=O) groups is 1. The van der Waals surface area contributed by atoms with Gasteiger partial charge < -0.3 is 24.5 Å². The highest BCUT2D eigenvalue weighted by molar-refractivity contribution is 5.88. The molecule has 6 nitrogen and oxygen atoms in total. The highest BCUT2D eigenvalue weighted by Gasteiger charge is 2.43. The van der Waals surface area contributed by atoms with Crippen LogP contribution in [0.25, 0.3) is 11.1 Å². The molecule has 3 N–H and O–H groups in total. The van der Waals surface area contributed by atoms with Crippen LogP contribution >= 0.6 is 0 Å². The van der Waals surface area contributed by atoms with Gasteiger partial charge in [0.1, 0.15) is 30.8 Å². The number of hydrogen-bond donors (Lipinski definition) is 3. The molecule has 29 heavy (non-hydrogen) atoms. The average Bonchev–Trinajstić information content (AvgIpc) is 3.26. The predicted octanol–water partition coefficient (Wildman–Crippen LogP) is 3.01. The van der Waals surface area contributed by atoms with E-state index in [1.807, 2.05) is 54.6 Å². The zero-order valence-electron chi connectivity index (χ0n) is 16.1. The quantitative estimate of drug-likeness (QED) is 0.514. The number of rotatable bonds is 9. The third-order valence-electron chi connectivity index (χ3n) is 4.93. The molecule has 0 fully saturated rings. The summed E-state index contributed by atoms with van der Waals surface area (Å²) in [5.74, 6) is -0.333. The van der Waals surface area contributed by atoms with Crippen LogP contribution in [0.4, 0.5) is 0 Å². The summed E-state index contributed by atoms with van der Waals surface area (Å²) in [5, 5.41) is 29.2. The average molecular weight is 396 g/mol. The van der Waals surface area contributed by atoms with Crippen molar-refractivity contribution in [3.05, 3.63) is 83.8 Å². The Morgan fingerprint density at radius 3 is 2.24 bits per heavy atom. The lowest BCUT2D eigenvalue weighted by molar-refractivity contribution is -0.168. The van der Waals surface area contributed by atoms with Crippen molar-refractivity contribution in [2.24, 2.45) is 0 Å². The number of aliphatic hydroxyl groups is 3. The van der Waals surface area contributed by atoms with E-state index >= 15 is 0 Å². The highest BCUT2D eigenvalue weighted by atomic mass is 16.5. The molecular formula is C23H24O6. The fourth-order valence-electron chi connectivity index (χ4n) is 3.02. The Hall–Kier alpha value is -2.77. The number of ketones is 1. The van der Waals surface area contributed by atoms with Crippen LogP contribution in [0.15, 0.2) is 71.1 Å². The van der Waals surface area contributed by atoms with Gasteiger partial charge in [0.15, 0.2) is 11.4 Å². The third kappa shape index (κ3) is 4.63. The van der Waals surface area contributed by atoms with Gasteiger partial charge in [-0.3, -0.25) is 4.79 Å². The summed E-state index contributed by atoms with van der Waals surface area (Å²) >= 11 is 0. The molecule has 0 bridgehead atoms. The second kappa shape index (κ2) is 9.15. The van der Waals surface area contributed by atoms with E-state index in [4.69, 9.17) is 14.3 Å². The molecule has 2 atom stereocenters. The molecular weight excluding hydrogens is 372 g/mol. The van der Waals surface area contributed by atoms with E-state index < -0.39 is 24.1 Å². The minimum Gasteiger partial charge on any atom is -0.461 e. The molecule has 2 aromatic carbocycles. The number of benzene rings is 2. The molecule has 152 valence electrons. The van der Waals surface area contributed by atoms with Gasteiger partial charge in [0.25, 0.3) is 0 Å². The van der Waals surface area contributed by atoms with Crippen LogP contribution in [0.3, 0.4) is 0 Å². The van der Waals surface area contributed by atoms with Gasteiger partial charge in [0.05, 0.1) is 6.61 Å². The Bertz CT molecular complexity index is 932. The summed E-state index contributed by atoms with van der Waals surface area (Å²) in [4.78, 5) is 12.4. The third-order valence-corrected chi connectivity index (χ3v) is 4.93. The van der Waals surface area contributed by atoms with Crippen LogP contribution in [0.5, 0.6) is 0 Å². The highest BCUT2D eigenvalue weighted by Crippen LogP contribution is 2.32. The summed E-state index contributed by atoms with van der Waals surface area (Å²) < 4.78 is 11.1. The largest absolute Gasteiger partial charge is 0.461 e. The normalized spacial score (nSPS) is 14.3. The van der Waals surface area contributed by atoms with Crippen LogP contribution in [0.1, 0.15) is 30.1 Å². The molecule has 0 aliphatic heterocycles. The zero-order valence-corrected chi connectivity index (χ0v) is 16.1. The van der Waals surface area contributed by atoms with Crippen LogP contribution in [-0.2, 0) is 22.7 Å². The minimum atomic E-state index is -1.71. The fraction of sp³-hybridized carbons (Fsp3) is 0.261. The molecule has 0 spiro atoms. The molecule has 1 aromatic heterocycles. The Morgan fingerprint density at radius 1 is 1.00 bits per heavy atom. The molecule has 1 heterocycles. The Morgan fingerprint density at radius 2 is 1.66 bits per heavy atom. The van der Waals surface area contributed by atoms with E-state index in [1.165, 1.54) is 19.1 Å². The van der Waals surface area contributed by atoms with E-state index in [-0.39, 0.29) is 24.7 Å². The Kier molecular flexibility index (Phi) is 6.61. The van der Waals surface area contributed by atoms with Crippen LogP contribution in [0, 0.1) is 0 Å². The summed E-state index contributed by atoms with van der Waals surface area (Å²) in [7, 11) is 0. The smallest absolute Gasteiger partial charge is 0.192 e. The molecule has 6 heteroatoms. The Balaban J connectivity index is 1.76. The van der Waals surface area contributed by atoms with Gasteiger partial charge >= 0.3 is 0 Å². The first-order valence-electron chi connectivity index (χ1n) is 9.28. The lowest BCUT2D eigenvalue weighted by atomic mass is 9.92. The monoisotopic (exact) mass is 396 g/mol. The van der Waals surface area contributed by atoms with Crippen LogP contribution in [-0.4, -0.2) is 33.3 Å². The first kappa shape index (κ1) is 21.0.